The van der Waals surface area contributed by atoms with Gasteiger partial charge >= 0.3 is 0 Å². The van der Waals surface area contributed by atoms with Crippen LogP contribution in [0.5, 0.6) is 0 Å². The summed E-state index contributed by atoms with van der Waals surface area (Å²) in [5, 5.41) is 3.29. The van der Waals surface area contributed by atoms with Gasteiger partial charge in [-0.3, -0.25) is 18.9 Å². The zero-order valence-electron chi connectivity index (χ0n) is 18.5. The van der Waals surface area contributed by atoms with Gasteiger partial charge in [0.15, 0.2) is 0 Å². The van der Waals surface area contributed by atoms with E-state index in [0.717, 1.165) is 25.0 Å². The van der Waals surface area contributed by atoms with Gasteiger partial charge in [-0.15, -0.1) is 0 Å². The van der Waals surface area contributed by atoms with Crippen molar-refractivity contribution in [3.05, 3.63) is 81.1 Å². The molecule has 0 spiro atoms. The molecule has 2 aliphatic rings. The maximum Gasteiger partial charge on any atom is 0.267 e. The summed E-state index contributed by atoms with van der Waals surface area (Å²) in [6, 6.07) is 15.4. The number of anilines is 1. The topological polar surface area (TPSA) is 75.9 Å². The number of aromatic nitrogens is 2. The van der Waals surface area contributed by atoms with E-state index in [1.807, 2.05) is 36.4 Å². The molecule has 0 saturated carbocycles. The van der Waals surface area contributed by atoms with Crippen molar-refractivity contribution in [1.82, 2.24) is 14.3 Å². The molecule has 2 saturated heterocycles. The lowest BCUT2D eigenvalue weighted by Gasteiger charge is -2.15. The fourth-order valence-corrected chi connectivity index (χ4v) is 5.38. The lowest BCUT2D eigenvalue weighted by Crippen LogP contribution is -2.30. The first kappa shape index (κ1) is 22.8. The lowest BCUT2D eigenvalue weighted by molar-refractivity contribution is -0.122. The van der Waals surface area contributed by atoms with Gasteiger partial charge < -0.3 is 10.1 Å². The lowest BCUT2D eigenvalue weighted by atomic mass is 10.1. The van der Waals surface area contributed by atoms with Gasteiger partial charge in [0.2, 0.25) is 0 Å². The van der Waals surface area contributed by atoms with E-state index in [9.17, 15) is 9.59 Å². The molecule has 2 fully saturated rings. The van der Waals surface area contributed by atoms with E-state index in [4.69, 9.17) is 17.0 Å². The average Bonchev–Trinajstić information content (AvgIpc) is 3.47. The molecule has 2 aliphatic heterocycles. The molecule has 0 bridgehead atoms. The number of carbonyl (C=O) groups is 1. The summed E-state index contributed by atoms with van der Waals surface area (Å²) >= 11 is 6.71. The van der Waals surface area contributed by atoms with Gasteiger partial charge in [-0.05, 0) is 43.0 Å². The quantitative estimate of drug-likeness (QED) is 0.398. The molecule has 0 radical (unpaired) electrons. The number of rotatable bonds is 7. The Kier molecular flexibility index (Phi) is 6.75. The maximum atomic E-state index is 13.4. The average molecular weight is 493 g/mol. The van der Waals surface area contributed by atoms with Gasteiger partial charge in [0.05, 0.1) is 16.6 Å². The van der Waals surface area contributed by atoms with E-state index >= 15 is 0 Å². The van der Waals surface area contributed by atoms with Crippen LogP contribution in [0.3, 0.4) is 0 Å². The van der Waals surface area contributed by atoms with Crippen molar-refractivity contribution < 1.29 is 9.53 Å². The molecule has 34 heavy (non-hydrogen) atoms. The number of ether oxygens (including phenoxy) is 1. The first-order valence-electron chi connectivity index (χ1n) is 11.3. The van der Waals surface area contributed by atoms with Gasteiger partial charge in [0.1, 0.15) is 15.8 Å². The number of hydrogen-bond acceptors (Lipinski definition) is 7. The van der Waals surface area contributed by atoms with Crippen LogP contribution in [0.2, 0.25) is 0 Å². The van der Waals surface area contributed by atoms with Crippen LogP contribution in [-0.2, 0) is 16.0 Å². The minimum Gasteiger partial charge on any atom is -0.376 e. The maximum absolute atomic E-state index is 13.4. The summed E-state index contributed by atoms with van der Waals surface area (Å²) in [4.78, 5) is 33.2. The standard InChI is InChI=1S/C25H24N4O3S2/c30-23-19(15-20-24(31)29(25(33)34-20)13-11-17-7-2-1-3-8-17)22(26-16-18-9-6-14-32-18)27-21-10-4-5-12-28(21)23/h1-5,7-8,10,12,15,18,26H,6,9,11,13-14,16H2. The molecule has 1 N–H and O–H groups in total. The molecule has 1 unspecified atom stereocenters. The number of pyridine rings is 1. The molecule has 2 aromatic heterocycles. The zero-order valence-corrected chi connectivity index (χ0v) is 20.1. The number of hydrogen-bond donors (Lipinski definition) is 1. The van der Waals surface area contributed by atoms with E-state index in [1.54, 1.807) is 29.3 Å². The molecule has 0 aliphatic carbocycles. The molecule has 1 aromatic carbocycles. The smallest absolute Gasteiger partial charge is 0.267 e. The Labute approximate surface area is 206 Å². The highest BCUT2D eigenvalue weighted by Gasteiger charge is 2.32. The monoisotopic (exact) mass is 492 g/mol. The summed E-state index contributed by atoms with van der Waals surface area (Å²) in [5.41, 5.74) is 1.77. The molecule has 174 valence electrons. The summed E-state index contributed by atoms with van der Waals surface area (Å²) in [7, 11) is 0. The third kappa shape index (κ3) is 4.77. The Morgan fingerprint density at radius 2 is 2.00 bits per heavy atom. The number of nitrogens with zero attached hydrogens (tertiary/aromatic N) is 3. The van der Waals surface area contributed by atoms with Crippen LogP contribution < -0.4 is 10.9 Å². The van der Waals surface area contributed by atoms with Crippen molar-refractivity contribution in [3.63, 3.8) is 0 Å². The van der Waals surface area contributed by atoms with Crippen LogP contribution in [0, 0.1) is 0 Å². The minimum absolute atomic E-state index is 0.0834. The van der Waals surface area contributed by atoms with Crippen LogP contribution in [-0.4, -0.2) is 50.3 Å². The number of thioether (sulfide) groups is 1. The second kappa shape index (κ2) is 10.1. The van der Waals surface area contributed by atoms with Crippen LogP contribution in [0.1, 0.15) is 24.0 Å². The van der Waals surface area contributed by atoms with E-state index in [-0.39, 0.29) is 17.6 Å². The molecule has 5 rings (SSSR count). The van der Waals surface area contributed by atoms with Gasteiger partial charge in [-0.1, -0.05) is 60.4 Å². The van der Waals surface area contributed by atoms with Crippen LogP contribution in [0.15, 0.2) is 64.4 Å². The van der Waals surface area contributed by atoms with E-state index < -0.39 is 0 Å². The zero-order chi connectivity index (χ0) is 23.5. The minimum atomic E-state index is -0.241. The summed E-state index contributed by atoms with van der Waals surface area (Å²) in [6.45, 7) is 1.79. The van der Waals surface area contributed by atoms with Crippen molar-refractivity contribution in [2.45, 2.75) is 25.4 Å². The first-order valence-corrected chi connectivity index (χ1v) is 12.5. The first-order chi connectivity index (χ1) is 16.6. The predicted octanol–water partition coefficient (Wildman–Crippen LogP) is 3.73. The van der Waals surface area contributed by atoms with Gasteiger partial charge in [0, 0.05) is 25.9 Å². The molecular weight excluding hydrogens is 468 g/mol. The number of amides is 1. The van der Waals surface area contributed by atoms with Crippen molar-refractivity contribution in [3.8, 4) is 0 Å². The Bertz CT molecular complexity index is 1320. The Hall–Kier alpha value is -3.01. The molecule has 1 atom stereocenters. The van der Waals surface area contributed by atoms with Gasteiger partial charge in [-0.25, -0.2) is 4.98 Å². The van der Waals surface area contributed by atoms with Crippen LogP contribution in [0.4, 0.5) is 5.82 Å². The molecule has 7 nitrogen and oxygen atoms in total. The highest BCUT2D eigenvalue weighted by atomic mass is 32.2. The normalized spacial score (nSPS) is 19.5. The summed E-state index contributed by atoms with van der Waals surface area (Å²) in [6.07, 6.45) is 6.08. The van der Waals surface area contributed by atoms with E-state index in [0.29, 0.717) is 45.8 Å². The SMILES string of the molecule is O=C1C(=Cc2c(NCC3CCCO3)nc3ccccn3c2=O)SC(=S)N1CCc1ccccc1. The summed E-state index contributed by atoms with van der Waals surface area (Å²) < 4.78 is 7.68. The van der Waals surface area contributed by atoms with E-state index in [2.05, 4.69) is 10.3 Å². The molecular formula is C25H24N4O3S2. The number of nitrogens with one attached hydrogen (secondary N) is 1. The Morgan fingerprint density at radius 1 is 1.18 bits per heavy atom. The number of carbonyl (C=O) groups excluding carboxylic acids is 1. The molecule has 4 heterocycles. The van der Waals surface area contributed by atoms with Crippen molar-refractivity contribution in [2.75, 3.05) is 25.0 Å². The van der Waals surface area contributed by atoms with Gasteiger partial charge in [-0.2, -0.15) is 0 Å². The fraction of sp³-hybridized carbons (Fsp3) is 0.280. The van der Waals surface area contributed by atoms with Crippen LogP contribution >= 0.6 is 24.0 Å². The largest absolute Gasteiger partial charge is 0.376 e. The molecule has 1 amide bonds. The number of fused-ring (bicyclic) bond motifs is 1. The summed E-state index contributed by atoms with van der Waals surface area (Å²) in [5.74, 6) is 0.259. The van der Waals surface area contributed by atoms with Crippen molar-refractivity contribution >= 4 is 51.7 Å². The fourth-order valence-electron chi connectivity index (χ4n) is 4.09. The third-order valence-electron chi connectivity index (χ3n) is 5.91. The predicted molar refractivity (Wildman–Crippen MR) is 139 cm³/mol. The third-order valence-corrected chi connectivity index (χ3v) is 7.28. The van der Waals surface area contributed by atoms with Crippen molar-refractivity contribution in [1.29, 1.82) is 0 Å². The van der Waals surface area contributed by atoms with Gasteiger partial charge in [0.25, 0.3) is 11.5 Å². The van der Waals surface area contributed by atoms with Crippen molar-refractivity contribution in [2.24, 2.45) is 0 Å². The number of benzene rings is 1. The second-order valence-corrected chi connectivity index (χ2v) is 9.87. The highest BCUT2D eigenvalue weighted by molar-refractivity contribution is 8.26. The second-order valence-electron chi connectivity index (χ2n) is 8.19. The Morgan fingerprint density at radius 3 is 2.79 bits per heavy atom. The molecule has 9 heteroatoms. The van der Waals surface area contributed by atoms with Crippen LogP contribution in [0.25, 0.3) is 11.7 Å². The molecule has 3 aromatic rings. The highest BCUT2D eigenvalue weighted by Crippen LogP contribution is 2.33. The number of thiocarbonyl (C=S) groups is 1. The Balaban J connectivity index is 1.44. The van der Waals surface area contributed by atoms with E-state index in [1.165, 1.54) is 16.2 Å².